The Bertz CT molecular complexity index is 475. The van der Waals surface area contributed by atoms with Gasteiger partial charge in [-0.05, 0) is 20.3 Å². The second kappa shape index (κ2) is 6.80. The van der Waals surface area contributed by atoms with Crippen molar-refractivity contribution < 1.29 is 0 Å². The molecule has 1 unspecified atom stereocenters. The molecule has 5 nitrogen and oxygen atoms in total. The fourth-order valence-electron chi connectivity index (χ4n) is 1.81. The van der Waals surface area contributed by atoms with Crippen LogP contribution < -0.4 is 10.5 Å². The molecule has 0 spiro atoms. The molecule has 0 saturated carbocycles. The second-order valence-electron chi connectivity index (χ2n) is 4.32. The van der Waals surface area contributed by atoms with Crippen molar-refractivity contribution in [2.75, 3.05) is 18.0 Å². The van der Waals surface area contributed by atoms with Crippen molar-refractivity contribution in [3.63, 3.8) is 0 Å². The van der Waals surface area contributed by atoms with Gasteiger partial charge in [-0.2, -0.15) is 5.26 Å². The van der Waals surface area contributed by atoms with Gasteiger partial charge in [0.05, 0.1) is 12.0 Å². The van der Waals surface area contributed by atoms with Crippen LogP contribution in [0.4, 0.5) is 5.82 Å². The van der Waals surface area contributed by atoms with E-state index in [2.05, 4.69) is 11.1 Å². The van der Waals surface area contributed by atoms with E-state index in [-0.39, 0.29) is 11.5 Å². The predicted octanol–water partition coefficient (Wildman–Crippen LogP) is 1.64. The van der Waals surface area contributed by atoms with Crippen LogP contribution in [0.5, 0.6) is 0 Å². The van der Waals surface area contributed by atoms with E-state index >= 15 is 0 Å². The summed E-state index contributed by atoms with van der Waals surface area (Å²) in [6.07, 6.45) is 4.26. The maximum atomic E-state index is 12.2. The lowest BCUT2D eigenvalue weighted by Crippen LogP contribution is -2.35. The average Bonchev–Trinajstić information content (AvgIpc) is 2.38. The van der Waals surface area contributed by atoms with E-state index in [0.717, 1.165) is 6.42 Å². The number of hydrogen-bond donors (Lipinski definition) is 0. The van der Waals surface area contributed by atoms with E-state index in [4.69, 9.17) is 5.26 Å². The van der Waals surface area contributed by atoms with Crippen LogP contribution in [-0.4, -0.2) is 22.6 Å². The largest absolute Gasteiger partial charge is 0.351 e. The molecule has 0 amide bonds. The van der Waals surface area contributed by atoms with Crippen molar-refractivity contribution in [2.45, 2.75) is 33.7 Å². The first-order valence-electron chi connectivity index (χ1n) is 6.34. The Hall–Kier alpha value is -1.83. The van der Waals surface area contributed by atoms with Crippen molar-refractivity contribution in [3.05, 3.63) is 22.7 Å². The Morgan fingerprint density at radius 1 is 1.56 bits per heavy atom. The van der Waals surface area contributed by atoms with Gasteiger partial charge in [-0.25, -0.2) is 4.98 Å². The minimum Gasteiger partial charge on any atom is -0.351 e. The molecule has 5 heteroatoms. The third-order valence-electron chi connectivity index (χ3n) is 2.76. The van der Waals surface area contributed by atoms with Gasteiger partial charge in [-0.3, -0.25) is 4.79 Å². The second-order valence-corrected chi connectivity index (χ2v) is 4.32. The fraction of sp³-hybridized carbons (Fsp3) is 0.615. The number of anilines is 1. The minimum absolute atomic E-state index is 0.0775. The molecule has 0 aromatic carbocycles. The SMILES string of the molecule is CCCn1ccnc(N(CC)CC(C)C#N)c1=O. The van der Waals surface area contributed by atoms with Gasteiger partial charge in [0.1, 0.15) is 0 Å². The van der Waals surface area contributed by atoms with Gasteiger partial charge >= 0.3 is 0 Å². The van der Waals surface area contributed by atoms with Crippen LogP contribution in [0, 0.1) is 17.2 Å². The monoisotopic (exact) mass is 248 g/mol. The molecule has 1 aromatic heterocycles. The lowest BCUT2D eigenvalue weighted by Gasteiger charge is -2.22. The van der Waals surface area contributed by atoms with Crippen molar-refractivity contribution in [2.24, 2.45) is 5.92 Å². The van der Waals surface area contributed by atoms with Crippen LogP contribution in [0.1, 0.15) is 27.2 Å². The average molecular weight is 248 g/mol. The summed E-state index contributed by atoms with van der Waals surface area (Å²) >= 11 is 0. The third-order valence-corrected chi connectivity index (χ3v) is 2.76. The summed E-state index contributed by atoms with van der Waals surface area (Å²) in [5.41, 5.74) is -0.0775. The number of aryl methyl sites for hydroxylation is 1. The maximum Gasteiger partial charge on any atom is 0.293 e. The normalized spacial score (nSPS) is 11.9. The molecule has 98 valence electrons. The first-order valence-corrected chi connectivity index (χ1v) is 6.34. The summed E-state index contributed by atoms with van der Waals surface area (Å²) in [5.74, 6) is 0.321. The highest BCUT2D eigenvalue weighted by molar-refractivity contribution is 5.35. The highest BCUT2D eigenvalue weighted by atomic mass is 16.1. The summed E-state index contributed by atoms with van der Waals surface area (Å²) in [5, 5.41) is 8.85. The van der Waals surface area contributed by atoms with Gasteiger partial charge in [0.2, 0.25) is 0 Å². The zero-order valence-electron chi connectivity index (χ0n) is 11.3. The zero-order valence-corrected chi connectivity index (χ0v) is 11.3. The molecule has 1 rings (SSSR count). The first-order chi connectivity index (χ1) is 8.63. The van der Waals surface area contributed by atoms with Gasteiger partial charge in [-0.1, -0.05) is 6.92 Å². The molecule has 0 saturated heterocycles. The van der Waals surface area contributed by atoms with Crippen LogP contribution >= 0.6 is 0 Å². The predicted molar refractivity (Wildman–Crippen MR) is 71.5 cm³/mol. The van der Waals surface area contributed by atoms with Crippen LogP contribution in [0.2, 0.25) is 0 Å². The quantitative estimate of drug-likeness (QED) is 0.767. The van der Waals surface area contributed by atoms with Gasteiger partial charge in [-0.15, -0.1) is 0 Å². The molecule has 0 N–H and O–H groups in total. The van der Waals surface area contributed by atoms with E-state index in [1.807, 2.05) is 25.7 Å². The number of aromatic nitrogens is 2. The molecule has 0 aliphatic carbocycles. The lowest BCUT2D eigenvalue weighted by atomic mass is 10.2. The third kappa shape index (κ3) is 3.33. The number of hydrogen-bond acceptors (Lipinski definition) is 4. The molecule has 1 atom stereocenters. The molecule has 0 radical (unpaired) electrons. The van der Waals surface area contributed by atoms with Crippen LogP contribution in [0.25, 0.3) is 0 Å². The molecule has 1 heterocycles. The molecule has 0 aliphatic heterocycles. The first kappa shape index (κ1) is 14.2. The lowest BCUT2D eigenvalue weighted by molar-refractivity contribution is 0.629. The molecule has 0 fully saturated rings. The van der Waals surface area contributed by atoms with Crippen molar-refractivity contribution in [3.8, 4) is 6.07 Å². The summed E-state index contributed by atoms with van der Waals surface area (Å²) in [7, 11) is 0. The Labute approximate surface area is 108 Å². The number of rotatable bonds is 6. The Morgan fingerprint density at radius 3 is 2.83 bits per heavy atom. The molecule has 1 aromatic rings. The van der Waals surface area contributed by atoms with E-state index in [9.17, 15) is 4.79 Å². The summed E-state index contributed by atoms with van der Waals surface area (Å²) < 4.78 is 1.67. The number of nitriles is 1. The minimum atomic E-state index is -0.119. The van der Waals surface area contributed by atoms with Crippen LogP contribution in [-0.2, 0) is 6.54 Å². The Kier molecular flexibility index (Phi) is 5.37. The summed E-state index contributed by atoms with van der Waals surface area (Å²) in [4.78, 5) is 18.2. The van der Waals surface area contributed by atoms with Gasteiger partial charge in [0.15, 0.2) is 5.82 Å². The van der Waals surface area contributed by atoms with Crippen molar-refractivity contribution >= 4 is 5.82 Å². The highest BCUT2D eigenvalue weighted by Gasteiger charge is 2.14. The maximum absolute atomic E-state index is 12.2. The molecule has 0 aliphatic rings. The topological polar surface area (TPSA) is 61.9 Å². The van der Waals surface area contributed by atoms with Crippen molar-refractivity contribution in [1.29, 1.82) is 5.26 Å². The van der Waals surface area contributed by atoms with E-state index in [1.165, 1.54) is 0 Å². The molecular formula is C13H20N4O. The van der Waals surface area contributed by atoms with Crippen LogP contribution in [0.3, 0.4) is 0 Å². The summed E-state index contributed by atoms with van der Waals surface area (Å²) in [6.45, 7) is 7.73. The molecule has 0 bridgehead atoms. The highest BCUT2D eigenvalue weighted by Crippen LogP contribution is 2.07. The van der Waals surface area contributed by atoms with Gasteiger partial charge < -0.3 is 9.47 Å². The number of nitrogens with zero attached hydrogens (tertiary/aromatic N) is 4. The van der Waals surface area contributed by atoms with Gasteiger partial charge in [0, 0.05) is 32.0 Å². The molecular weight excluding hydrogens is 228 g/mol. The zero-order chi connectivity index (χ0) is 13.5. The van der Waals surface area contributed by atoms with Gasteiger partial charge in [0.25, 0.3) is 5.56 Å². The van der Waals surface area contributed by atoms with Crippen LogP contribution in [0.15, 0.2) is 17.2 Å². The molecule has 18 heavy (non-hydrogen) atoms. The summed E-state index contributed by atoms with van der Waals surface area (Å²) in [6, 6.07) is 2.18. The fourth-order valence-corrected chi connectivity index (χ4v) is 1.81. The standard InChI is InChI=1S/C13H20N4O/c1-4-7-17-8-6-15-12(13(17)18)16(5-2)10-11(3)9-14/h6,8,11H,4-5,7,10H2,1-3H3. The Morgan fingerprint density at radius 2 is 2.28 bits per heavy atom. The smallest absolute Gasteiger partial charge is 0.293 e. The Balaban J connectivity index is 3.03. The van der Waals surface area contributed by atoms with E-state index in [1.54, 1.807) is 17.0 Å². The van der Waals surface area contributed by atoms with E-state index < -0.39 is 0 Å². The van der Waals surface area contributed by atoms with Crippen molar-refractivity contribution in [1.82, 2.24) is 9.55 Å². The van der Waals surface area contributed by atoms with E-state index in [0.29, 0.717) is 25.5 Å².